The van der Waals surface area contributed by atoms with Crippen molar-refractivity contribution in [3.63, 3.8) is 0 Å². The molecule has 1 aliphatic heterocycles. The summed E-state index contributed by atoms with van der Waals surface area (Å²) in [6, 6.07) is 6.07. The Morgan fingerprint density at radius 3 is 2.71 bits per heavy atom. The lowest BCUT2D eigenvalue weighted by molar-refractivity contribution is -0.124. The second-order valence-corrected chi connectivity index (χ2v) is 7.89. The Labute approximate surface area is 165 Å². The van der Waals surface area contributed by atoms with Crippen LogP contribution in [0.15, 0.2) is 30.6 Å². The minimum absolute atomic E-state index is 0.0446. The van der Waals surface area contributed by atoms with Crippen LogP contribution in [0, 0.1) is 0 Å². The molecule has 0 spiro atoms. The highest BCUT2D eigenvalue weighted by Crippen LogP contribution is 2.42. The van der Waals surface area contributed by atoms with Crippen molar-refractivity contribution < 1.29 is 14.3 Å². The third-order valence-corrected chi connectivity index (χ3v) is 5.55. The Kier molecular flexibility index (Phi) is 5.26. The van der Waals surface area contributed by atoms with Crippen molar-refractivity contribution in [2.24, 2.45) is 7.05 Å². The van der Waals surface area contributed by atoms with E-state index in [0.29, 0.717) is 26.3 Å². The fourth-order valence-electron chi connectivity index (χ4n) is 4.28. The third-order valence-electron chi connectivity index (χ3n) is 5.55. The van der Waals surface area contributed by atoms with Crippen LogP contribution < -0.4 is 14.8 Å². The number of fused-ring (bicyclic) bond motifs is 1. The van der Waals surface area contributed by atoms with Crippen LogP contribution in [-0.4, -0.2) is 47.4 Å². The molecule has 1 fully saturated rings. The van der Waals surface area contributed by atoms with Gasteiger partial charge < -0.3 is 14.8 Å². The molecule has 0 saturated heterocycles. The highest BCUT2D eigenvalue weighted by molar-refractivity contribution is 5.79. The van der Waals surface area contributed by atoms with Crippen LogP contribution in [0.1, 0.15) is 36.8 Å². The largest absolute Gasteiger partial charge is 0.486 e. The Morgan fingerprint density at radius 1 is 1.25 bits per heavy atom. The van der Waals surface area contributed by atoms with E-state index in [1.54, 1.807) is 4.68 Å². The van der Waals surface area contributed by atoms with E-state index in [1.807, 2.05) is 43.5 Å². The molecule has 0 unspecified atom stereocenters. The second kappa shape index (κ2) is 7.83. The van der Waals surface area contributed by atoms with E-state index < -0.39 is 0 Å². The zero-order valence-electron chi connectivity index (χ0n) is 16.6. The molecule has 1 aliphatic carbocycles. The lowest BCUT2D eigenvalue weighted by Crippen LogP contribution is -2.47. The number of aryl methyl sites for hydroxylation is 1. The highest BCUT2D eigenvalue weighted by atomic mass is 16.6. The Balaban J connectivity index is 1.45. The van der Waals surface area contributed by atoms with Crippen LogP contribution >= 0.6 is 0 Å². The number of hydrogen-bond acceptors (Lipinski definition) is 5. The molecule has 2 aliphatic rings. The molecule has 0 atom stereocenters. The number of nitrogens with one attached hydrogen (secondary N) is 1. The molecule has 1 saturated carbocycles. The van der Waals surface area contributed by atoms with Gasteiger partial charge in [-0.2, -0.15) is 5.10 Å². The number of amides is 1. The molecular weight excluding hydrogens is 356 g/mol. The predicted molar refractivity (Wildman–Crippen MR) is 105 cm³/mol. The number of likely N-dealkylation sites (N-methyl/N-ethyl adjacent to an activating group) is 1. The van der Waals surface area contributed by atoms with Crippen LogP contribution in [-0.2, 0) is 23.9 Å². The van der Waals surface area contributed by atoms with Gasteiger partial charge in [0.05, 0.1) is 18.3 Å². The number of ether oxygens (including phenoxy) is 2. The monoisotopic (exact) mass is 384 g/mol. The zero-order valence-corrected chi connectivity index (χ0v) is 16.6. The zero-order chi connectivity index (χ0) is 19.6. The summed E-state index contributed by atoms with van der Waals surface area (Å²) in [7, 11) is 3.85. The number of carbonyl (C=O) groups excluding carboxylic acids is 1. The van der Waals surface area contributed by atoms with Crippen molar-refractivity contribution in [2.75, 3.05) is 26.8 Å². The summed E-state index contributed by atoms with van der Waals surface area (Å²) in [4.78, 5) is 14.9. The maximum Gasteiger partial charge on any atom is 0.234 e. The second-order valence-electron chi connectivity index (χ2n) is 7.89. The first kappa shape index (κ1) is 18.8. The lowest BCUT2D eigenvalue weighted by atomic mass is 9.87. The van der Waals surface area contributed by atoms with Crippen molar-refractivity contribution in [1.82, 2.24) is 20.0 Å². The molecule has 150 valence electrons. The van der Waals surface area contributed by atoms with E-state index in [4.69, 9.17) is 9.47 Å². The summed E-state index contributed by atoms with van der Waals surface area (Å²) in [5, 5.41) is 7.52. The van der Waals surface area contributed by atoms with Crippen LogP contribution in [0.3, 0.4) is 0 Å². The van der Waals surface area contributed by atoms with Crippen molar-refractivity contribution in [3.05, 3.63) is 41.7 Å². The number of rotatable bonds is 6. The molecule has 1 N–H and O–H groups in total. The fraction of sp³-hybridized carbons (Fsp3) is 0.524. The van der Waals surface area contributed by atoms with Gasteiger partial charge in [-0.15, -0.1) is 0 Å². The molecule has 4 rings (SSSR count). The average Bonchev–Trinajstić information content (AvgIpc) is 3.31. The van der Waals surface area contributed by atoms with E-state index in [9.17, 15) is 4.79 Å². The number of hydrogen-bond donors (Lipinski definition) is 1. The van der Waals surface area contributed by atoms with E-state index in [2.05, 4.69) is 16.5 Å². The van der Waals surface area contributed by atoms with Crippen molar-refractivity contribution in [1.29, 1.82) is 0 Å². The van der Waals surface area contributed by atoms with Crippen molar-refractivity contribution >= 4 is 5.91 Å². The summed E-state index contributed by atoms with van der Waals surface area (Å²) < 4.78 is 13.2. The van der Waals surface area contributed by atoms with E-state index in [0.717, 1.165) is 48.3 Å². The van der Waals surface area contributed by atoms with Crippen molar-refractivity contribution in [2.45, 2.75) is 37.8 Å². The van der Waals surface area contributed by atoms with Gasteiger partial charge in [0.1, 0.15) is 13.2 Å². The van der Waals surface area contributed by atoms with Gasteiger partial charge >= 0.3 is 0 Å². The number of aromatic nitrogens is 2. The van der Waals surface area contributed by atoms with Crippen LogP contribution in [0.5, 0.6) is 11.5 Å². The van der Waals surface area contributed by atoms with Crippen LogP contribution in [0.25, 0.3) is 0 Å². The average molecular weight is 384 g/mol. The minimum atomic E-state index is -0.317. The smallest absolute Gasteiger partial charge is 0.234 e. The SMILES string of the molecule is CN(CC(=O)NC1(c2ccc3c(c2)OCCO3)CCCC1)Cc1cnn(C)c1. The highest BCUT2D eigenvalue weighted by Gasteiger charge is 2.38. The Morgan fingerprint density at radius 2 is 2.00 bits per heavy atom. The molecule has 1 amide bonds. The summed E-state index contributed by atoms with van der Waals surface area (Å²) >= 11 is 0. The quantitative estimate of drug-likeness (QED) is 0.827. The van der Waals surface area contributed by atoms with Gasteiger partial charge in [-0.1, -0.05) is 18.9 Å². The summed E-state index contributed by atoms with van der Waals surface area (Å²) in [5.41, 5.74) is 1.89. The van der Waals surface area contributed by atoms with Crippen LogP contribution in [0.4, 0.5) is 0 Å². The number of nitrogens with zero attached hydrogens (tertiary/aromatic N) is 3. The fourth-order valence-corrected chi connectivity index (χ4v) is 4.28. The maximum absolute atomic E-state index is 12.8. The minimum Gasteiger partial charge on any atom is -0.486 e. The summed E-state index contributed by atoms with van der Waals surface area (Å²) in [5.74, 6) is 1.60. The van der Waals surface area contributed by atoms with Crippen molar-refractivity contribution in [3.8, 4) is 11.5 Å². The molecule has 7 heteroatoms. The van der Waals surface area contributed by atoms with Gasteiger partial charge in [-0.05, 0) is 37.6 Å². The maximum atomic E-state index is 12.8. The lowest BCUT2D eigenvalue weighted by Gasteiger charge is -2.33. The molecule has 2 heterocycles. The van der Waals surface area contributed by atoms with Crippen LogP contribution in [0.2, 0.25) is 0 Å². The standard InChI is InChI=1S/C21H28N4O3/c1-24(13-16-12-22-25(2)14-16)15-20(26)23-21(7-3-4-8-21)17-5-6-18-19(11-17)28-10-9-27-18/h5-6,11-12,14H,3-4,7-10,13,15H2,1-2H3,(H,23,26). The van der Waals surface area contributed by atoms with Gasteiger partial charge in [0.25, 0.3) is 0 Å². The molecule has 7 nitrogen and oxygen atoms in total. The molecule has 1 aromatic carbocycles. The first-order chi connectivity index (χ1) is 13.5. The molecule has 1 aromatic heterocycles. The third kappa shape index (κ3) is 3.99. The van der Waals surface area contributed by atoms with Gasteiger partial charge in [0, 0.05) is 25.4 Å². The topological polar surface area (TPSA) is 68.6 Å². The molecular formula is C21H28N4O3. The predicted octanol–water partition coefficient (Wildman–Crippen LogP) is 2.21. The molecule has 0 bridgehead atoms. The summed E-state index contributed by atoms with van der Waals surface area (Å²) in [6.07, 6.45) is 7.93. The van der Waals surface area contributed by atoms with Gasteiger partial charge in [0.15, 0.2) is 11.5 Å². The normalized spacial score (nSPS) is 17.7. The number of carbonyl (C=O) groups is 1. The first-order valence-electron chi connectivity index (χ1n) is 9.91. The molecule has 2 aromatic rings. The van der Waals surface area contributed by atoms with Gasteiger partial charge in [-0.25, -0.2) is 0 Å². The van der Waals surface area contributed by atoms with Gasteiger partial charge in [-0.3, -0.25) is 14.4 Å². The molecule has 28 heavy (non-hydrogen) atoms. The first-order valence-corrected chi connectivity index (χ1v) is 9.91. The summed E-state index contributed by atoms with van der Waals surface area (Å²) in [6.45, 7) is 2.19. The Hall–Kier alpha value is -2.54. The molecule has 0 radical (unpaired) electrons. The number of benzene rings is 1. The van der Waals surface area contributed by atoms with Gasteiger partial charge in [0.2, 0.25) is 5.91 Å². The van der Waals surface area contributed by atoms with E-state index >= 15 is 0 Å². The van der Waals surface area contributed by atoms with E-state index in [-0.39, 0.29) is 11.4 Å². The van der Waals surface area contributed by atoms with E-state index in [1.165, 1.54) is 0 Å². The Bertz CT molecular complexity index is 842.